The Morgan fingerprint density at radius 1 is 1.27 bits per heavy atom. The molecule has 0 radical (unpaired) electrons. The van der Waals surface area contributed by atoms with Gasteiger partial charge in [-0.05, 0) is 25.0 Å². The molecule has 1 aliphatic rings. The van der Waals surface area contributed by atoms with Crippen LogP contribution in [0.1, 0.15) is 24.6 Å². The van der Waals surface area contributed by atoms with E-state index in [2.05, 4.69) is 20.6 Å². The summed E-state index contributed by atoms with van der Waals surface area (Å²) >= 11 is 1.38. The minimum atomic E-state index is -0.819. The van der Waals surface area contributed by atoms with Gasteiger partial charge in [-0.1, -0.05) is 0 Å². The molecule has 4 N–H and O–H groups in total. The van der Waals surface area contributed by atoms with Gasteiger partial charge in [0.1, 0.15) is 11.9 Å². The third kappa shape index (κ3) is 3.46. The molecule has 0 spiro atoms. The average molecular weight is 317 g/mol. The molecule has 1 fully saturated rings. The Morgan fingerprint density at radius 3 is 2.68 bits per heavy atom. The number of nitrogens with zero attached hydrogens (tertiary/aromatic N) is 2. The van der Waals surface area contributed by atoms with Gasteiger partial charge in [0.25, 0.3) is 0 Å². The Morgan fingerprint density at radius 2 is 2.09 bits per heavy atom. The predicted octanol–water partition coefficient (Wildman–Crippen LogP) is 1.53. The summed E-state index contributed by atoms with van der Waals surface area (Å²) in [6.07, 6.45) is 3.36. The number of carbonyl (C=O) groups is 2. The van der Waals surface area contributed by atoms with Gasteiger partial charge in [0.2, 0.25) is 11.8 Å². The second-order valence-electron chi connectivity index (χ2n) is 5.08. The SMILES string of the molecule is NC(C(=O)Nc1ccc(NC(=O)C2CC2)nc1)c1cscn1. The zero-order chi connectivity index (χ0) is 15.5. The number of hydrogen-bond donors (Lipinski definition) is 3. The zero-order valence-electron chi connectivity index (χ0n) is 11.7. The Balaban J connectivity index is 1.58. The van der Waals surface area contributed by atoms with E-state index >= 15 is 0 Å². The quantitative estimate of drug-likeness (QED) is 0.774. The number of nitrogens with one attached hydrogen (secondary N) is 2. The van der Waals surface area contributed by atoms with E-state index in [1.54, 1.807) is 23.0 Å². The van der Waals surface area contributed by atoms with Crippen molar-refractivity contribution in [2.45, 2.75) is 18.9 Å². The number of amides is 2. The van der Waals surface area contributed by atoms with E-state index in [1.165, 1.54) is 17.5 Å². The van der Waals surface area contributed by atoms with Gasteiger partial charge in [-0.25, -0.2) is 9.97 Å². The van der Waals surface area contributed by atoms with Crippen molar-refractivity contribution in [2.24, 2.45) is 11.7 Å². The van der Waals surface area contributed by atoms with Crippen molar-refractivity contribution in [1.29, 1.82) is 0 Å². The standard InChI is InChI=1S/C14H15N5O2S/c15-12(10-6-22-7-17-10)14(21)18-9-3-4-11(16-5-9)19-13(20)8-1-2-8/h3-8,12H,1-2,15H2,(H,18,21)(H,16,19,20). The van der Waals surface area contributed by atoms with Crippen LogP contribution in [0.15, 0.2) is 29.2 Å². The van der Waals surface area contributed by atoms with E-state index in [0.29, 0.717) is 17.2 Å². The summed E-state index contributed by atoms with van der Waals surface area (Å²) in [6, 6.07) is 2.49. The van der Waals surface area contributed by atoms with Gasteiger partial charge in [-0.3, -0.25) is 9.59 Å². The van der Waals surface area contributed by atoms with Crippen molar-refractivity contribution >= 4 is 34.7 Å². The Bertz CT molecular complexity index is 667. The van der Waals surface area contributed by atoms with Crippen LogP contribution in [0.4, 0.5) is 11.5 Å². The topological polar surface area (TPSA) is 110 Å². The van der Waals surface area contributed by atoms with Gasteiger partial charge < -0.3 is 16.4 Å². The highest BCUT2D eigenvalue weighted by molar-refractivity contribution is 7.07. The monoisotopic (exact) mass is 317 g/mol. The second-order valence-corrected chi connectivity index (χ2v) is 5.79. The van der Waals surface area contributed by atoms with Crippen molar-refractivity contribution in [3.8, 4) is 0 Å². The molecule has 0 aliphatic heterocycles. The molecule has 0 saturated heterocycles. The minimum Gasteiger partial charge on any atom is -0.323 e. The molecule has 7 nitrogen and oxygen atoms in total. The number of nitrogens with two attached hydrogens (primary N) is 1. The van der Waals surface area contributed by atoms with Crippen molar-refractivity contribution in [3.05, 3.63) is 34.9 Å². The van der Waals surface area contributed by atoms with Gasteiger partial charge >= 0.3 is 0 Å². The highest BCUT2D eigenvalue weighted by Crippen LogP contribution is 2.30. The van der Waals surface area contributed by atoms with Gasteiger partial charge in [-0.2, -0.15) is 0 Å². The van der Waals surface area contributed by atoms with Crippen LogP contribution in [0.25, 0.3) is 0 Å². The highest BCUT2D eigenvalue weighted by Gasteiger charge is 2.29. The van der Waals surface area contributed by atoms with E-state index < -0.39 is 6.04 Å². The maximum Gasteiger partial charge on any atom is 0.247 e. The molecular formula is C14H15N5O2S. The number of pyridine rings is 1. The summed E-state index contributed by atoms with van der Waals surface area (Å²) in [7, 11) is 0. The molecule has 2 amide bonds. The van der Waals surface area contributed by atoms with Crippen molar-refractivity contribution in [1.82, 2.24) is 9.97 Å². The average Bonchev–Trinajstić information content (AvgIpc) is 3.23. The van der Waals surface area contributed by atoms with Crippen LogP contribution >= 0.6 is 11.3 Å². The first-order chi connectivity index (χ1) is 10.6. The summed E-state index contributed by atoms with van der Waals surface area (Å²) < 4.78 is 0. The third-order valence-corrected chi connectivity index (χ3v) is 3.89. The fraction of sp³-hybridized carbons (Fsp3) is 0.286. The van der Waals surface area contributed by atoms with E-state index in [4.69, 9.17) is 5.73 Å². The smallest absolute Gasteiger partial charge is 0.247 e. The Hall–Kier alpha value is -2.32. The lowest BCUT2D eigenvalue weighted by Crippen LogP contribution is -2.28. The molecule has 1 unspecified atom stereocenters. The molecular weight excluding hydrogens is 302 g/mol. The molecule has 2 aromatic rings. The van der Waals surface area contributed by atoms with Crippen LogP contribution in [0.2, 0.25) is 0 Å². The van der Waals surface area contributed by atoms with Crippen molar-refractivity contribution in [2.75, 3.05) is 10.6 Å². The molecule has 22 heavy (non-hydrogen) atoms. The number of carbonyl (C=O) groups excluding carboxylic acids is 2. The lowest BCUT2D eigenvalue weighted by Gasteiger charge is -2.10. The summed E-state index contributed by atoms with van der Waals surface area (Å²) in [6.45, 7) is 0. The Kier molecular flexibility index (Phi) is 4.12. The molecule has 8 heteroatoms. The van der Waals surface area contributed by atoms with Crippen molar-refractivity contribution in [3.63, 3.8) is 0 Å². The molecule has 1 atom stereocenters. The maximum absolute atomic E-state index is 12.0. The summed E-state index contributed by atoms with van der Waals surface area (Å²) in [5, 5.41) is 7.14. The first-order valence-corrected chi connectivity index (χ1v) is 7.79. The van der Waals surface area contributed by atoms with Crippen LogP contribution in [0, 0.1) is 5.92 Å². The van der Waals surface area contributed by atoms with Gasteiger partial charge in [0.05, 0.1) is 23.1 Å². The highest BCUT2D eigenvalue weighted by atomic mass is 32.1. The van der Waals surface area contributed by atoms with Crippen LogP contribution in [0.5, 0.6) is 0 Å². The number of thiazole rings is 1. The summed E-state index contributed by atoms with van der Waals surface area (Å²) in [5.74, 6) is 0.230. The number of anilines is 2. The van der Waals surface area contributed by atoms with Crippen LogP contribution in [-0.2, 0) is 9.59 Å². The number of rotatable bonds is 5. The maximum atomic E-state index is 12.0. The van der Waals surface area contributed by atoms with Crippen molar-refractivity contribution < 1.29 is 9.59 Å². The molecule has 0 bridgehead atoms. The number of hydrogen-bond acceptors (Lipinski definition) is 6. The fourth-order valence-electron chi connectivity index (χ4n) is 1.85. The third-order valence-electron chi connectivity index (χ3n) is 3.28. The predicted molar refractivity (Wildman–Crippen MR) is 83.3 cm³/mol. The van der Waals surface area contributed by atoms with E-state index in [0.717, 1.165) is 12.8 Å². The lowest BCUT2D eigenvalue weighted by atomic mass is 10.2. The van der Waals surface area contributed by atoms with Crippen LogP contribution in [-0.4, -0.2) is 21.8 Å². The zero-order valence-corrected chi connectivity index (χ0v) is 12.5. The fourth-order valence-corrected chi connectivity index (χ4v) is 2.44. The van der Waals surface area contributed by atoms with E-state index in [9.17, 15) is 9.59 Å². The summed E-state index contributed by atoms with van der Waals surface area (Å²) in [4.78, 5) is 31.7. The van der Waals surface area contributed by atoms with Crippen LogP contribution in [0.3, 0.4) is 0 Å². The van der Waals surface area contributed by atoms with E-state index in [1.807, 2.05) is 0 Å². The number of aromatic nitrogens is 2. The second kappa shape index (κ2) is 6.20. The summed E-state index contributed by atoms with van der Waals surface area (Å²) in [5.41, 5.74) is 8.49. The first-order valence-electron chi connectivity index (χ1n) is 6.85. The molecule has 2 heterocycles. The molecule has 114 valence electrons. The minimum absolute atomic E-state index is 0.00478. The van der Waals surface area contributed by atoms with E-state index in [-0.39, 0.29) is 17.7 Å². The largest absolute Gasteiger partial charge is 0.323 e. The molecule has 1 saturated carbocycles. The van der Waals surface area contributed by atoms with Gasteiger partial charge in [0.15, 0.2) is 0 Å². The Labute approximate surface area is 131 Å². The lowest BCUT2D eigenvalue weighted by molar-refractivity contribution is -0.118. The normalized spacial score (nSPS) is 15.1. The molecule has 3 rings (SSSR count). The molecule has 2 aromatic heterocycles. The van der Waals surface area contributed by atoms with Gasteiger partial charge in [0, 0.05) is 11.3 Å². The molecule has 0 aromatic carbocycles. The van der Waals surface area contributed by atoms with Gasteiger partial charge in [-0.15, -0.1) is 11.3 Å². The molecule has 1 aliphatic carbocycles. The first kappa shape index (κ1) is 14.6. The van der Waals surface area contributed by atoms with Crippen LogP contribution < -0.4 is 16.4 Å².